The molecule has 1 aromatic rings. The molecule has 0 aromatic heterocycles. The predicted molar refractivity (Wildman–Crippen MR) is 137 cm³/mol. The van der Waals surface area contributed by atoms with Gasteiger partial charge >= 0.3 is 23.9 Å². The number of allylic oxidation sites excluding steroid dienone is 6. The monoisotopic (exact) mass is 540 g/mol. The van der Waals surface area contributed by atoms with Gasteiger partial charge in [-0.1, -0.05) is 71.8 Å². The lowest BCUT2D eigenvalue weighted by molar-refractivity contribution is -0.155. The molecule has 0 radical (unpaired) electrons. The Labute approximate surface area is 225 Å². The van der Waals surface area contributed by atoms with Crippen LogP contribution in [-0.4, -0.2) is 23.9 Å². The largest absolute Gasteiger partial charge is 0.393 e. The number of carbonyl (C=O) groups is 4. The van der Waals surface area contributed by atoms with Crippen molar-refractivity contribution in [2.45, 2.75) is 19.3 Å². The number of fused-ring (bicyclic) bond motifs is 10. The Morgan fingerprint density at radius 3 is 1.65 bits per heavy atom. The van der Waals surface area contributed by atoms with E-state index in [2.05, 4.69) is 33.8 Å². The molecule has 8 unspecified atom stereocenters. The number of hydrogen-bond donors (Lipinski definition) is 0. The first kappa shape index (κ1) is 25.7. The van der Waals surface area contributed by atoms with Crippen LogP contribution in [-0.2, 0) is 28.7 Å². The molecule has 2 aliphatic heterocycles. The van der Waals surface area contributed by atoms with Gasteiger partial charge in [-0.3, -0.25) is 9.59 Å². The minimum Gasteiger partial charge on any atom is -0.393 e. The van der Waals surface area contributed by atoms with E-state index >= 15 is 0 Å². The molecule has 1 saturated heterocycles. The van der Waals surface area contributed by atoms with Gasteiger partial charge in [-0.25, -0.2) is 9.59 Å². The van der Waals surface area contributed by atoms with Crippen LogP contribution in [0.1, 0.15) is 19.3 Å². The highest BCUT2D eigenvalue weighted by Crippen LogP contribution is 2.53. The summed E-state index contributed by atoms with van der Waals surface area (Å²) < 4.78 is 8.56. The third-order valence-corrected chi connectivity index (χ3v) is 8.80. The molecule has 2 saturated carbocycles. The molecule has 8 rings (SSSR count). The number of halogens is 2. The van der Waals surface area contributed by atoms with E-state index in [4.69, 9.17) is 23.2 Å². The number of esters is 4. The quantitative estimate of drug-likeness (QED) is 0.245. The van der Waals surface area contributed by atoms with E-state index in [9.17, 15) is 19.2 Å². The van der Waals surface area contributed by atoms with Gasteiger partial charge in [0.05, 0.1) is 21.9 Å². The molecule has 2 heterocycles. The summed E-state index contributed by atoms with van der Waals surface area (Å²) in [6, 6.07) is 7.19. The Morgan fingerprint density at radius 1 is 0.649 bits per heavy atom. The number of benzene rings is 1. The van der Waals surface area contributed by atoms with E-state index in [0.717, 1.165) is 42.2 Å². The summed E-state index contributed by atoms with van der Waals surface area (Å²) in [6.45, 7) is 0. The summed E-state index contributed by atoms with van der Waals surface area (Å²) in [7, 11) is 0. The Bertz CT molecular complexity index is 1170. The van der Waals surface area contributed by atoms with Crippen molar-refractivity contribution >= 4 is 47.1 Å². The maximum atomic E-state index is 11.2. The van der Waals surface area contributed by atoms with Crippen LogP contribution in [0.2, 0.25) is 10.0 Å². The van der Waals surface area contributed by atoms with Crippen LogP contribution >= 0.6 is 23.2 Å². The van der Waals surface area contributed by atoms with Gasteiger partial charge in [0.1, 0.15) is 0 Å². The fourth-order valence-corrected chi connectivity index (χ4v) is 6.69. The number of rotatable bonds is 0. The molecule has 192 valence electrons. The van der Waals surface area contributed by atoms with Crippen molar-refractivity contribution in [2.75, 3.05) is 0 Å². The molecule has 0 amide bonds. The third kappa shape index (κ3) is 5.36. The van der Waals surface area contributed by atoms with Crippen LogP contribution in [0.15, 0.2) is 72.9 Å². The van der Waals surface area contributed by atoms with Gasteiger partial charge in [-0.05, 0) is 66.9 Å². The smallest absolute Gasteiger partial charge is 0.338 e. The first-order valence-electron chi connectivity index (χ1n) is 12.4. The van der Waals surface area contributed by atoms with Gasteiger partial charge < -0.3 is 9.47 Å². The van der Waals surface area contributed by atoms with Crippen molar-refractivity contribution < 1.29 is 28.7 Å². The highest BCUT2D eigenvalue weighted by atomic mass is 35.5. The molecule has 3 fully saturated rings. The molecule has 8 atom stereocenters. The van der Waals surface area contributed by atoms with Gasteiger partial charge in [0, 0.05) is 12.2 Å². The number of ether oxygens (including phenoxy) is 2. The van der Waals surface area contributed by atoms with Crippen LogP contribution in [0.3, 0.4) is 0 Å². The normalized spacial score (nSPS) is 35.7. The zero-order valence-corrected chi connectivity index (χ0v) is 21.4. The van der Waals surface area contributed by atoms with Gasteiger partial charge in [0.15, 0.2) is 0 Å². The van der Waals surface area contributed by atoms with E-state index in [1.807, 2.05) is 24.3 Å². The SMILES string of the molecule is C1=CC2C3C=CC(C3)C2C1.Clc1ccccc1Cl.O=C1C=CC(=O)O1.O=C1OC(=O)C2C3C=CC(C3)C12. The summed E-state index contributed by atoms with van der Waals surface area (Å²) in [6.07, 6.45) is 19.7. The number of carbonyl (C=O) groups excluding carboxylic acids is 4. The first-order chi connectivity index (χ1) is 17.8. The molecule has 8 heteroatoms. The van der Waals surface area contributed by atoms with Crippen LogP contribution in [0.5, 0.6) is 0 Å². The summed E-state index contributed by atoms with van der Waals surface area (Å²) in [5.41, 5.74) is 0. The molecular formula is C29H26Cl2O6. The van der Waals surface area contributed by atoms with Crippen LogP contribution in [0, 0.1) is 47.3 Å². The van der Waals surface area contributed by atoms with Crippen molar-refractivity contribution in [2.24, 2.45) is 47.3 Å². The standard InChI is InChI=1S/C10H12.C9H8O3.C6H4Cl2.C4H2O3/c1-2-9-7-4-5-8(6-7)10(9)3-1;10-8-6-4-1-2-5(3-4)7(6)9(11)12-8;7-5-3-1-2-4-6(5)8;5-3-1-2-4(6)7-3/h1-2,4-5,7-10H,3,6H2;1-2,4-7H,3H2;1-4H;1-2H. The van der Waals surface area contributed by atoms with Gasteiger partial charge in [-0.15, -0.1) is 0 Å². The Balaban J connectivity index is 0.000000103. The van der Waals surface area contributed by atoms with E-state index in [-0.39, 0.29) is 35.6 Å². The fraction of sp³-hybridized carbons (Fsp3) is 0.379. The minimum atomic E-state index is -0.579. The van der Waals surface area contributed by atoms with E-state index in [1.54, 1.807) is 12.1 Å². The zero-order chi connectivity index (χ0) is 26.1. The number of hydrogen-bond acceptors (Lipinski definition) is 6. The van der Waals surface area contributed by atoms with Crippen LogP contribution in [0.25, 0.3) is 0 Å². The van der Waals surface area contributed by atoms with Crippen molar-refractivity contribution in [1.29, 1.82) is 0 Å². The Morgan fingerprint density at radius 2 is 1.16 bits per heavy atom. The second-order valence-corrected chi connectivity index (χ2v) is 10.9. The molecule has 5 aliphatic carbocycles. The lowest BCUT2D eigenvalue weighted by Gasteiger charge is -2.18. The first-order valence-corrected chi connectivity index (χ1v) is 13.2. The van der Waals surface area contributed by atoms with Crippen LogP contribution in [0.4, 0.5) is 0 Å². The van der Waals surface area contributed by atoms with Crippen molar-refractivity contribution in [3.05, 3.63) is 82.9 Å². The number of cyclic esters (lactones) is 4. The zero-order valence-electron chi connectivity index (χ0n) is 19.9. The summed E-state index contributed by atoms with van der Waals surface area (Å²) in [5, 5.41) is 1.21. The van der Waals surface area contributed by atoms with Crippen molar-refractivity contribution in [1.82, 2.24) is 0 Å². The lowest BCUT2D eigenvalue weighted by Crippen LogP contribution is -2.21. The van der Waals surface area contributed by atoms with Gasteiger partial charge in [-0.2, -0.15) is 0 Å². The molecule has 1 aromatic carbocycles. The molecule has 37 heavy (non-hydrogen) atoms. The Kier molecular flexibility index (Phi) is 7.50. The van der Waals surface area contributed by atoms with Crippen molar-refractivity contribution in [3.8, 4) is 0 Å². The third-order valence-electron chi connectivity index (χ3n) is 8.04. The molecular weight excluding hydrogens is 515 g/mol. The lowest BCUT2D eigenvalue weighted by atomic mass is 9.85. The van der Waals surface area contributed by atoms with E-state index < -0.39 is 11.9 Å². The van der Waals surface area contributed by atoms with Gasteiger partial charge in [0.2, 0.25) is 0 Å². The summed E-state index contributed by atoms with van der Waals surface area (Å²) in [5.74, 6) is 2.32. The fourth-order valence-electron chi connectivity index (χ4n) is 6.42. The highest BCUT2D eigenvalue weighted by Gasteiger charge is 2.57. The molecule has 0 spiro atoms. The maximum absolute atomic E-state index is 11.2. The maximum Gasteiger partial charge on any atom is 0.338 e. The Hall–Kier alpha value is -2.96. The highest BCUT2D eigenvalue weighted by molar-refractivity contribution is 6.41. The summed E-state index contributed by atoms with van der Waals surface area (Å²) in [4.78, 5) is 42.2. The molecule has 6 nitrogen and oxygen atoms in total. The topological polar surface area (TPSA) is 86.7 Å². The molecule has 0 N–H and O–H groups in total. The average molecular weight is 541 g/mol. The van der Waals surface area contributed by atoms with Crippen molar-refractivity contribution in [3.63, 3.8) is 0 Å². The summed E-state index contributed by atoms with van der Waals surface area (Å²) >= 11 is 11.2. The second kappa shape index (κ2) is 10.8. The van der Waals surface area contributed by atoms with E-state index in [1.165, 1.54) is 12.8 Å². The predicted octanol–water partition coefficient (Wildman–Crippen LogP) is 5.51. The van der Waals surface area contributed by atoms with Crippen LogP contribution < -0.4 is 0 Å². The minimum absolute atomic E-state index is 0.146. The molecule has 4 bridgehead atoms. The molecule has 7 aliphatic rings. The van der Waals surface area contributed by atoms with E-state index in [0.29, 0.717) is 10.0 Å². The van der Waals surface area contributed by atoms with Gasteiger partial charge in [0.25, 0.3) is 0 Å². The second-order valence-electron chi connectivity index (χ2n) is 10.1. The average Bonchev–Trinajstić information content (AvgIpc) is 3.71.